The summed E-state index contributed by atoms with van der Waals surface area (Å²) in [6.45, 7) is 2.59. The summed E-state index contributed by atoms with van der Waals surface area (Å²) < 4.78 is 6.91. The number of rotatable bonds is 7. The van der Waals surface area contributed by atoms with Crippen LogP contribution in [0.15, 0.2) is 18.5 Å². The Labute approximate surface area is 146 Å². The summed E-state index contributed by atoms with van der Waals surface area (Å²) in [5.41, 5.74) is 0. The molecule has 4 rings (SSSR count). The lowest BCUT2D eigenvalue weighted by Gasteiger charge is -2.16. The van der Waals surface area contributed by atoms with Crippen LogP contribution in [-0.2, 0) is 22.7 Å². The molecule has 25 heavy (non-hydrogen) atoms. The maximum atomic E-state index is 12.6. The normalized spacial score (nSPS) is 23.3. The first kappa shape index (κ1) is 16.3. The van der Waals surface area contributed by atoms with Crippen LogP contribution in [0.5, 0.6) is 0 Å². The number of amides is 1. The fraction of sp³-hybridized carbons (Fsp3) is 0.647. The van der Waals surface area contributed by atoms with E-state index in [0.717, 1.165) is 18.2 Å². The number of H-pyrrole nitrogens is 1. The number of likely N-dealkylation sites (tertiary alicyclic amines) is 1. The van der Waals surface area contributed by atoms with Crippen molar-refractivity contribution in [3.05, 3.63) is 30.1 Å². The van der Waals surface area contributed by atoms with Crippen LogP contribution in [0.4, 0.5) is 0 Å². The SMILES string of the molecule is COCc1nc([C@H]2CN(C(=O)CCn3cccn3)C[C@@H]2C2CC2)n[nH]1. The van der Waals surface area contributed by atoms with Crippen LogP contribution in [0, 0.1) is 11.8 Å². The van der Waals surface area contributed by atoms with E-state index in [1.54, 1.807) is 18.0 Å². The molecule has 8 nitrogen and oxygen atoms in total. The molecule has 0 unspecified atom stereocenters. The Morgan fingerprint density at radius 1 is 1.40 bits per heavy atom. The quantitative estimate of drug-likeness (QED) is 0.815. The minimum atomic E-state index is 0.191. The van der Waals surface area contributed by atoms with Crippen LogP contribution >= 0.6 is 0 Å². The molecule has 134 valence electrons. The highest BCUT2D eigenvalue weighted by Crippen LogP contribution is 2.47. The lowest BCUT2D eigenvalue weighted by atomic mass is 9.91. The van der Waals surface area contributed by atoms with E-state index in [1.165, 1.54) is 12.8 Å². The zero-order valence-electron chi connectivity index (χ0n) is 14.5. The second-order valence-electron chi connectivity index (χ2n) is 7.00. The fourth-order valence-electron chi connectivity index (χ4n) is 3.79. The van der Waals surface area contributed by atoms with E-state index in [2.05, 4.69) is 20.3 Å². The molecular weight excluding hydrogens is 320 g/mol. The van der Waals surface area contributed by atoms with Crippen molar-refractivity contribution in [3.63, 3.8) is 0 Å². The first-order valence-electron chi connectivity index (χ1n) is 8.90. The molecule has 2 aliphatic rings. The molecule has 1 saturated heterocycles. The standard InChI is InChI=1S/C17H24N6O2/c1-25-11-15-19-17(21-20-15)14-10-22(9-13(14)12-3-4-12)16(24)5-8-23-7-2-6-18-23/h2,6-7,12-14H,3-5,8-11H2,1H3,(H,19,20,21)/t13-,14+/m1/s1. The second kappa shape index (κ2) is 6.95. The Balaban J connectivity index is 1.41. The zero-order chi connectivity index (χ0) is 17.2. The van der Waals surface area contributed by atoms with Crippen LogP contribution in [0.2, 0.25) is 0 Å². The van der Waals surface area contributed by atoms with Crippen LogP contribution < -0.4 is 0 Å². The number of carbonyl (C=O) groups excluding carboxylic acids is 1. The molecule has 2 aromatic rings. The molecule has 1 aliphatic carbocycles. The van der Waals surface area contributed by atoms with Gasteiger partial charge in [-0.2, -0.15) is 10.2 Å². The summed E-state index contributed by atoms with van der Waals surface area (Å²) >= 11 is 0. The number of aromatic nitrogens is 5. The molecule has 0 spiro atoms. The minimum Gasteiger partial charge on any atom is -0.377 e. The zero-order valence-corrected chi connectivity index (χ0v) is 14.5. The monoisotopic (exact) mass is 344 g/mol. The average molecular weight is 344 g/mol. The Hall–Kier alpha value is -2.22. The molecule has 0 radical (unpaired) electrons. The number of nitrogens with one attached hydrogen (secondary N) is 1. The highest BCUT2D eigenvalue weighted by atomic mass is 16.5. The van der Waals surface area contributed by atoms with Gasteiger partial charge in [-0.3, -0.25) is 14.6 Å². The lowest BCUT2D eigenvalue weighted by molar-refractivity contribution is -0.130. The largest absolute Gasteiger partial charge is 0.377 e. The Morgan fingerprint density at radius 3 is 3.00 bits per heavy atom. The number of hydrogen-bond acceptors (Lipinski definition) is 5. The van der Waals surface area contributed by atoms with Crippen molar-refractivity contribution in [2.45, 2.75) is 38.3 Å². The third-order valence-corrected chi connectivity index (χ3v) is 5.22. The van der Waals surface area contributed by atoms with Gasteiger partial charge in [0.05, 0.1) is 0 Å². The van der Waals surface area contributed by atoms with Gasteiger partial charge in [0.15, 0.2) is 11.6 Å². The predicted molar refractivity (Wildman–Crippen MR) is 89.5 cm³/mol. The van der Waals surface area contributed by atoms with Gasteiger partial charge in [0, 0.05) is 51.5 Å². The van der Waals surface area contributed by atoms with Gasteiger partial charge >= 0.3 is 0 Å². The molecule has 2 aromatic heterocycles. The number of ether oxygens (including phenoxy) is 1. The van der Waals surface area contributed by atoms with E-state index in [-0.39, 0.29) is 11.8 Å². The van der Waals surface area contributed by atoms with Gasteiger partial charge in [0.1, 0.15) is 6.61 Å². The van der Waals surface area contributed by atoms with E-state index in [9.17, 15) is 4.79 Å². The van der Waals surface area contributed by atoms with Crippen molar-refractivity contribution < 1.29 is 9.53 Å². The highest BCUT2D eigenvalue weighted by Gasteiger charge is 2.45. The van der Waals surface area contributed by atoms with Gasteiger partial charge in [0.2, 0.25) is 5.91 Å². The highest BCUT2D eigenvalue weighted by molar-refractivity contribution is 5.76. The van der Waals surface area contributed by atoms with Crippen LogP contribution in [0.3, 0.4) is 0 Å². The summed E-state index contributed by atoms with van der Waals surface area (Å²) in [5.74, 6) is 3.17. The maximum Gasteiger partial charge on any atom is 0.224 e. The molecule has 0 aromatic carbocycles. The lowest BCUT2D eigenvalue weighted by Crippen LogP contribution is -2.30. The van der Waals surface area contributed by atoms with Gasteiger partial charge < -0.3 is 9.64 Å². The number of hydrogen-bond donors (Lipinski definition) is 1. The summed E-state index contributed by atoms with van der Waals surface area (Å²) in [6, 6.07) is 1.88. The Kier molecular flexibility index (Phi) is 4.52. The van der Waals surface area contributed by atoms with Gasteiger partial charge in [-0.05, 0) is 30.7 Å². The summed E-state index contributed by atoms with van der Waals surface area (Å²) in [7, 11) is 1.64. The molecule has 1 amide bonds. The number of nitrogens with zero attached hydrogens (tertiary/aromatic N) is 5. The van der Waals surface area contributed by atoms with E-state index in [0.29, 0.717) is 38.0 Å². The molecule has 2 atom stereocenters. The molecular formula is C17H24N6O2. The minimum absolute atomic E-state index is 0.191. The smallest absolute Gasteiger partial charge is 0.224 e. The van der Waals surface area contributed by atoms with Gasteiger partial charge in [-0.25, -0.2) is 4.98 Å². The molecule has 1 saturated carbocycles. The Bertz CT molecular complexity index is 709. The van der Waals surface area contributed by atoms with Crippen LogP contribution in [-0.4, -0.2) is 56.0 Å². The number of carbonyl (C=O) groups is 1. The van der Waals surface area contributed by atoms with Crippen molar-refractivity contribution in [1.29, 1.82) is 0 Å². The average Bonchev–Trinajstić information content (AvgIpc) is 3.05. The molecule has 2 fully saturated rings. The van der Waals surface area contributed by atoms with Crippen LogP contribution in [0.25, 0.3) is 0 Å². The number of aryl methyl sites for hydroxylation is 1. The maximum absolute atomic E-state index is 12.6. The topological polar surface area (TPSA) is 88.9 Å². The van der Waals surface area contributed by atoms with Crippen molar-refractivity contribution >= 4 is 5.91 Å². The molecule has 1 N–H and O–H groups in total. The van der Waals surface area contributed by atoms with Crippen molar-refractivity contribution in [2.24, 2.45) is 11.8 Å². The Morgan fingerprint density at radius 2 is 2.28 bits per heavy atom. The third-order valence-electron chi connectivity index (χ3n) is 5.22. The molecule has 3 heterocycles. The van der Waals surface area contributed by atoms with E-state index >= 15 is 0 Å². The third kappa shape index (κ3) is 3.58. The van der Waals surface area contributed by atoms with Gasteiger partial charge in [0.25, 0.3) is 0 Å². The molecule has 1 aliphatic heterocycles. The van der Waals surface area contributed by atoms with Crippen molar-refractivity contribution in [2.75, 3.05) is 20.2 Å². The molecule has 8 heteroatoms. The van der Waals surface area contributed by atoms with Crippen molar-refractivity contribution in [1.82, 2.24) is 29.9 Å². The van der Waals surface area contributed by atoms with E-state index in [4.69, 9.17) is 4.74 Å². The van der Waals surface area contributed by atoms with E-state index < -0.39 is 0 Å². The first-order valence-corrected chi connectivity index (χ1v) is 8.90. The first-order chi connectivity index (χ1) is 12.2. The summed E-state index contributed by atoms with van der Waals surface area (Å²) in [5, 5.41) is 11.5. The van der Waals surface area contributed by atoms with Crippen LogP contribution in [0.1, 0.15) is 36.8 Å². The summed E-state index contributed by atoms with van der Waals surface area (Å²) in [4.78, 5) is 19.2. The number of methoxy groups -OCH3 is 1. The fourth-order valence-corrected chi connectivity index (χ4v) is 3.79. The van der Waals surface area contributed by atoms with Gasteiger partial charge in [-0.1, -0.05) is 0 Å². The predicted octanol–water partition coefficient (Wildman–Crippen LogP) is 1.19. The van der Waals surface area contributed by atoms with Gasteiger partial charge in [-0.15, -0.1) is 0 Å². The summed E-state index contributed by atoms with van der Waals surface area (Å²) in [6.07, 6.45) is 6.62. The second-order valence-corrected chi connectivity index (χ2v) is 7.00. The van der Waals surface area contributed by atoms with Crippen molar-refractivity contribution in [3.8, 4) is 0 Å². The molecule has 0 bridgehead atoms. The van der Waals surface area contributed by atoms with E-state index in [1.807, 2.05) is 17.2 Å². The number of aromatic amines is 1.